The Bertz CT molecular complexity index is 474. The van der Waals surface area contributed by atoms with Crippen molar-refractivity contribution >= 4 is 23.5 Å². The summed E-state index contributed by atoms with van der Waals surface area (Å²) >= 11 is 3.91. The van der Waals surface area contributed by atoms with Crippen molar-refractivity contribution in [1.29, 1.82) is 0 Å². The molecule has 0 radical (unpaired) electrons. The van der Waals surface area contributed by atoms with Crippen LogP contribution in [0.3, 0.4) is 0 Å². The lowest BCUT2D eigenvalue weighted by Gasteiger charge is -2.41. The lowest BCUT2D eigenvalue weighted by molar-refractivity contribution is -0.0851. The highest BCUT2D eigenvalue weighted by Crippen LogP contribution is 2.44. The quantitative estimate of drug-likeness (QED) is 0.846. The molecule has 0 aromatic heterocycles. The van der Waals surface area contributed by atoms with Crippen LogP contribution in [0.25, 0.3) is 0 Å². The molecule has 2 saturated heterocycles. The molecular weight excluding hydrogens is 298 g/mol. The molecule has 1 N–H and O–H groups in total. The Morgan fingerprint density at radius 3 is 3.00 bits per heavy atom. The van der Waals surface area contributed by atoms with Gasteiger partial charge >= 0.3 is 0 Å². The molecule has 2 fully saturated rings. The molecule has 2 aliphatic heterocycles. The smallest absolute Gasteiger partial charge is 0.0783 e. The fourth-order valence-electron chi connectivity index (χ4n) is 3.78. The standard InChI is InChI=1S/C17H25NOS2/c1-18-16(14-5-3-4-6-15(14)20-2)13-7-9-19-17(11-13)8-10-21-12-17/h3-6,13,16,18H,7-12H2,1-2H3. The van der Waals surface area contributed by atoms with E-state index in [2.05, 4.69) is 54.6 Å². The monoisotopic (exact) mass is 323 g/mol. The lowest BCUT2D eigenvalue weighted by atomic mass is 9.79. The molecule has 2 aliphatic rings. The molecular formula is C17H25NOS2. The highest BCUT2D eigenvalue weighted by Gasteiger charge is 2.42. The average molecular weight is 324 g/mol. The minimum Gasteiger partial charge on any atom is -0.374 e. The third kappa shape index (κ3) is 3.29. The van der Waals surface area contributed by atoms with E-state index in [4.69, 9.17) is 4.74 Å². The van der Waals surface area contributed by atoms with Gasteiger partial charge in [0.2, 0.25) is 0 Å². The molecule has 4 heteroatoms. The minimum absolute atomic E-state index is 0.164. The van der Waals surface area contributed by atoms with Crippen molar-refractivity contribution in [2.45, 2.75) is 35.8 Å². The van der Waals surface area contributed by atoms with Gasteiger partial charge in [0, 0.05) is 23.3 Å². The van der Waals surface area contributed by atoms with Crippen molar-refractivity contribution in [2.75, 3.05) is 31.4 Å². The summed E-state index contributed by atoms with van der Waals surface area (Å²) in [6.07, 6.45) is 5.77. The normalized spacial score (nSPS) is 30.7. The van der Waals surface area contributed by atoms with E-state index in [9.17, 15) is 0 Å². The summed E-state index contributed by atoms with van der Waals surface area (Å²) in [4.78, 5) is 1.40. The maximum Gasteiger partial charge on any atom is 0.0783 e. The zero-order chi connectivity index (χ0) is 14.7. The number of hydrogen-bond acceptors (Lipinski definition) is 4. The van der Waals surface area contributed by atoms with Crippen LogP contribution in [0.1, 0.15) is 30.9 Å². The molecule has 1 aromatic rings. The molecule has 3 unspecified atom stereocenters. The maximum atomic E-state index is 6.19. The number of thioether (sulfide) groups is 2. The van der Waals surface area contributed by atoms with Crippen LogP contribution in [-0.2, 0) is 4.74 Å². The molecule has 1 aromatic carbocycles. The Morgan fingerprint density at radius 1 is 1.43 bits per heavy atom. The zero-order valence-corrected chi connectivity index (χ0v) is 14.6. The van der Waals surface area contributed by atoms with Gasteiger partial charge in [0.1, 0.15) is 0 Å². The first-order valence-corrected chi connectivity index (χ1v) is 10.2. The number of rotatable bonds is 4. The van der Waals surface area contributed by atoms with Crippen molar-refractivity contribution in [3.05, 3.63) is 29.8 Å². The Balaban J connectivity index is 1.82. The first-order chi connectivity index (χ1) is 10.3. The van der Waals surface area contributed by atoms with Gasteiger partial charge < -0.3 is 10.1 Å². The van der Waals surface area contributed by atoms with E-state index < -0.39 is 0 Å². The van der Waals surface area contributed by atoms with Gasteiger partial charge in [-0.1, -0.05) is 18.2 Å². The second-order valence-electron chi connectivity index (χ2n) is 6.10. The highest BCUT2D eigenvalue weighted by molar-refractivity contribution is 7.99. The maximum absolute atomic E-state index is 6.19. The average Bonchev–Trinajstić information content (AvgIpc) is 2.96. The topological polar surface area (TPSA) is 21.3 Å². The third-order valence-electron chi connectivity index (χ3n) is 4.85. The second-order valence-corrected chi connectivity index (χ2v) is 8.05. The van der Waals surface area contributed by atoms with Crippen molar-refractivity contribution < 1.29 is 4.74 Å². The number of hydrogen-bond donors (Lipinski definition) is 1. The fraction of sp³-hybridized carbons (Fsp3) is 0.647. The molecule has 0 amide bonds. The van der Waals surface area contributed by atoms with Gasteiger partial charge in [0.05, 0.1) is 5.60 Å². The highest BCUT2D eigenvalue weighted by atomic mass is 32.2. The van der Waals surface area contributed by atoms with E-state index in [1.807, 2.05) is 11.8 Å². The van der Waals surface area contributed by atoms with Crippen LogP contribution >= 0.6 is 23.5 Å². The molecule has 2 nitrogen and oxygen atoms in total. The van der Waals surface area contributed by atoms with E-state index in [1.165, 1.54) is 41.2 Å². The Morgan fingerprint density at radius 2 is 2.29 bits per heavy atom. The molecule has 1 spiro atoms. The van der Waals surface area contributed by atoms with Crippen molar-refractivity contribution in [2.24, 2.45) is 5.92 Å². The first kappa shape index (κ1) is 15.7. The predicted octanol–water partition coefficient (Wildman–Crippen LogP) is 3.97. The number of benzene rings is 1. The van der Waals surface area contributed by atoms with Gasteiger partial charge in [-0.2, -0.15) is 11.8 Å². The summed E-state index contributed by atoms with van der Waals surface area (Å²) in [6.45, 7) is 0.921. The summed E-state index contributed by atoms with van der Waals surface area (Å²) < 4.78 is 6.19. The number of ether oxygens (including phenoxy) is 1. The van der Waals surface area contributed by atoms with E-state index in [0.29, 0.717) is 12.0 Å². The first-order valence-electron chi connectivity index (χ1n) is 7.80. The van der Waals surface area contributed by atoms with Gasteiger partial charge in [0.25, 0.3) is 0 Å². The van der Waals surface area contributed by atoms with Crippen LogP contribution in [0.5, 0.6) is 0 Å². The van der Waals surface area contributed by atoms with Gasteiger partial charge in [-0.05, 0) is 55.9 Å². The van der Waals surface area contributed by atoms with Crippen LogP contribution in [0.2, 0.25) is 0 Å². The van der Waals surface area contributed by atoms with E-state index in [-0.39, 0.29) is 5.60 Å². The second kappa shape index (κ2) is 6.95. The summed E-state index contributed by atoms with van der Waals surface area (Å²) in [7, 11) is 2.10. The molecule has 3 rings (SSSR count). The van der Waals surface area contributed by atoms with E-state index >= 15 is 0 Å². The Hall–Kier alpha value is -0.160. The van der Waals surface area contributed by atoms with Crippen molar-refractivity contribution in [3.8, 4) is 0 Å². The van der Waals surface area contributed by atoms with Crippen LogP contribution < -0.4 is 5.32 Å². The van der Waals surface area contributed by atoms with E-state index in [0.717, 1.165) is 6.61 Å². The number of nitrogens with one attached hydrogen (secondary N) is 1. The Kier molecular flexibility index (Phi) is 5.20. The van der Waals surface area contributed by atoms with Gasteiger partial charge in [-0.3, -0.25) is 0 Å². The van der Waals surface area contributed by atoms with Crippen molar-refractivity contribution in [3.63, 3.8) is 0 Å². The molecule has 3 atom stereocenters. The molecule has 116 valence electrons. The zero-order valence-electron chi connectivity index (χ0n) is 12.9. The van der Waals surface area contributed by atoms with Crippen LogP contribution in [0, 0.1) is 5.92 Å². The molecule has 0 saturated carbocycles. The third-order valence-corrected chi connectivity index (χ3v) is 6.89. The summed E-state index contributed by atoms with van der Waals surface area (Å²) in [5, 5.41) is 3.59. The minimum atomic E-state index is 0.164. The van der Waals surface area contributed by atoms with E-state index in [1.54, 1.807) is 0 Å². The lowest BCUT2D eigenvalue weighted by Crippen LogP contribution is -2.43. The fourth-order valence-corrected chi connectivity index (χ4v) is 5.81. The van der Waals surface area contributed by atoms with Crippen LogP contribution in [0.15, 0.2) is 29.2 Å². The molecule has 21 heavy (non-hydrogen) atoms. The largest absolute Gasteiger partial charge is 0.374 e. The Labute approximate surface area is 136 Å². The van der Waals surface area contributed by atoms with Crippen LogP contribution in [-0.4, -0.2) is 37.0 Å². The van der Waals surface area contributed by atoms with Gasteiger partial charge in [0.15, 0.2) is 0 Å². The summed E-state index contributed by atoms with van der Waals surface area (Å²) in [6, 6.07) is 9.28. The summed E-state index contributed by atoms with van der Waals surface area (Å²) in [5.41, 5.74) is 1.62. The SMILES string of the molecule is CNC(c1ccccc1SC)C1CCOC2(CCSC2)C1. The molecule has 0 bridgehead atoms. The van der Waals surface area contributed by atoms with Crippen LogP contribution in [0.4, 0.5) is 0 Å². The molecule has 2 heterocycles. The molecule has 0 aliphatic carbocycles. The van der Waals surface area contributed by atoms with Gasteiger partial charge in [-0.25, -0.2) is 0 Å². The van der Waals surface area contributed by atoms with Crippen molar-refractivity contribution in [1.82, 2.24) is 5.32 Å². The summed E-state index contributed by atoms with van der Waals surface area (Å²) in [5.74, 6) is 3.12. The predicted molar refractivity (Wildman–Crippen MR) is 93.4 cm³/mol. The van der Waals surface area contributed by atoms with Gasteiger partial charge in [-0.15, -0.1) is 11.8 Å².